The normalized spacial score (nSPS) is 11.2. The maximum absolute atomic E-state index is 11.7. The van der Waals surface area contributed by atoms with Gasteiger partial charge in [-0.25, -0.2) is 0 Å². The van der Waals surface area contributed by atoms with E-state index in [2.05, 4.69) is 5.32 Å². The molecule has 0 aliphatic carbocycles. The summed E-state index contributed by atoms with van der Waals surface area (Å²) in [6.07, 6.45) is 0.326. The molecule has 1 amide bonds. The molecule has 0 aliphatic heterocycles. The number of nitrogens with two attached hydrogens (primary N) is 1. The Kier molecular flexibility index (Phi) is 8.16. The van der Waals surface area contributed by atoms with Crippen molar-refractivity contribution in [3.8, 4) is 5.75 Å². The molecule has 2 aromatic rings. The number of hydrogen-bond donors (Lipinski definition) is 2. The van der Waals surface area contributed by atoms with Crippen molar-refractivity contribution in [2.45, 2.75) is 32.5 Å². The van der Waals surface area contributed by atoms with Gasteiger partial charge in [-0.1, -0.05) is 48.5 Å². The van der Waals surface area contributed by atoms with Gasteiger partial charge in [-0.05, 0) is 18.6 Å². The number of carbonyl (C=O) groups excluding carboxylic acids is 1. The first-order valence-corrected chi connectivity index (χ1v) is 7.42. The monoisotopic (exact) mass is 334 g/mol. The Hall–Kier alpha value is -2.04. The molecule has 23 heavy (non-hydrogen) atoms. The van der Waals surface area contributed by atoms with Crippen LogP contribution in [0, 0.1) is 0 Å². The van der Waals surface area contributed by atoms with Crippen molar-refractivity contribution in [2.24, 2.45) is 5.73 Å². The molecule has 0 bridgehead atoms. The van der Waals surface area contributed by atoms with E-state index in [1.54, 1.807) is 0 Å². The average molecular weight is 335 g/mol. The minimum Gasteiger partial charge on any atom is -0.489 e. The molecular weight excluding hydrogens is 312 g/mol. The molecule has 1 atom stereocenters. The van der Waals surface area contributed by atoms with E-state index in [1.165, 1.54) is 0 Å². The van der Waals surface area contributed by atoms with Crippen molar-refractivity contribution in [3.63, 3.8) is 0 Å². The zero-order chi connectivity index (χ0) is 15.8. The van der Waals surface area contributed by atoms with Gasteiger partial charge >= 0.3 is 0 Å². The molecule has 0 radical (unpaired) electrons. The van der Waals surface area contributed by atoms with Crippen LogP contribution in [0.15, 0.2) is 54.6 Å². The fourth-order valence-corrected chi connectivity index (χ4v) is 2.08. The number of nitrogens with one attached hydrogen (secondary N) is 1. The lowest BCUT2D eigenvalue weighted by atomic mass is 10.2. The molecule has 0 fully saturated rings. The first kappa shape index (κ1) is 19.0. The van der Waals surface area contributed by atoms with Crippen LogP contribution in [0.1, 0.15) is 24.5 Å². The van der Waals surface area contributed by atoms with Crippen molar-refractivity contribution in [1.82, 2.24) is 5.32 Å². The van der Waals surface area contributed by atoms with E-state index in [-0.39, 0.29) is 24.4 Å². The highest BCUT2D eigenvalue weighted by Gasteiger charge is 2.07. The van der Waals surface area contributed by atoms with Gasteiger partial charge in [0.25, 0.3) is 0 Å². The van der Waals surface area contributed by atoms with E-state index in [0.717, 1.165) is 16.9 Å². The van der Waals surface area contributed by atoms with E-state index in [9.17, 15) is 4.79 Å². The van der Waals surface area contributed by atoms with E-state index in [0.29, 0.717) is 19.6 Å². The molecular formula is C18H23ClN2O2. The second-order valence-corrected chi connectivity index (χ2v) is 5.34. The smallest absolute Gasteiger partial charge is 0.221 e. The molecule has 124 valence electrons. The molecule has 2 rings (SSSR count). The molecule has 3 N–H and O–H groups in total. The van der Waals surface area contributed by atoms with Gasteiger partial charge in [-0.15, -0.1) is 12.4 Å². The molecule has 0 saturated heterocycles. The van der Waals surface area contributed by atoms with Crippen LogP contribution in [0.3, 0.4) is 0 Å². The Labute approximate surface area is 143 Å². The van der Waals surface area contributed by atoms with Crippen molar-refractivity contribution in [2.75, 3.05) is 0 Å². The quantitative estimate of drug-likeness (QED) is 0.818. The van der Waals surface area contributed by atoms with Gasteiger partial charge < -0.3 is 15.8 Å². The van der Waals surface area contributed by atoms with Crippen molar-refractivity contribution in [1.29, 1.82) is 0 Å². The van der Waals surface area contributed by atoms with Gasteiger partial charge in [-0.3, -0.25) is 4.79 Å². The van der Waals surface area contributed by atoms with E-state index >= 15 is 0 Å². The van der Waals surface area contributed by atoms with Gasteiger partial charge in [0.05, 0.1) is 0 Å². The molecule has 4 nitrogen and oxygen atoms in total. The number of hydrogen-bond acceptors (Lipinski definition) is 3. The molecule has 0 aromatic heterocycles. The first-order chi connectivity index (χ1) is 10.6. The Morgan fingerprint density at radius 3 is 2.48 bits per heavy atom. The Bertz CT molecular complexity index is 603. The molecule has 0 spiro atoms. The van der Waals surface area contributed by atoms with Crippen LogP contribution in [0.25, 0.3) is 0 Å². The van der Waals surface area contributed by atoms with Gasteiger partial charge in [0.15, 0.2) is 0 Å². The summed E-state index contributed by atoms with van der Waals surface area (Å²) in [7, 11) is 0. The molecule has 2 aromatic carbocycles. The molecule has 0 heterocycles. The minimum atomic E-state index is -0.135. The van der Waals surface area contributed by atoms with E-state index in [4.69, 9.17) is 10.5 Å². The summed E-state index contributed by atoms with van der Waals surface area (Å²) in [5.41, 5.74) is 7.68. The van der Waals surface area contributed by atoms with Crippen LogP contribution in [0.2, 0.25) is 0 Å². The maximum atomic E-state index is 11.7. The highest BCUT2D eigenvalue weighted by atomic mass is 35.5. The lowest BCUT2D eigenvalue weighted by Gasteiger charge is -2.13. The second-order valence-electron chi connectivity index (χ2n) is 5.34. The summed E-state index contributed by atoms with van der Waals surface area (Å²) >= 11 is 0. The molecule has 0 aliphatic rings. The van der Waals surface area contributed by atoms with Crippen molar-refractivity contribution < 1.29 is 9.53 Å². The Balaban J connectivity index is 0.00000264. The largest absolute Gasteiger partial charge is 0.489 e. The van der Waals surface area contributed by atoms with Crippen molar-refractivity contribution in [3.05, 3.63) is 65.7 Å². The summed E-state index contributed by atoms with van der Waals surface area (Å²) in [5, 5.41) is 2.87. The Morgan fingerprint density at radius 1 is 1.13 bits per heavy atom. The molecule has 1 unspecified atom stereocenters. The standard InChI is InChI=1S/C18H22N2O2.ClH/c1-14(19)11-18(21)20-12-16-9-5-6-10-17(16)22-13-15-7-3-2-4-8-15;/h2-10,14H,11-13,19H2,1H3,(H,20,21);1H. The second kappa shape index (κ2) is 9.87. The summed E-state index contributed by atoms with van der Waals surface area (Å²) < 4.78 is 5.86. The number of ether oxygens (including phenoxy) is 1. The average Bonchev–Trinajstić information content (AvgIpc) is 2.52. The number of rotatable bonds is 7. The molecule has 0 saturated carbocycles. The van der Waals surface area contributed by atoms with Crippen LogP contribution in [-0.4, -0.2) is 11.9 Å². The topological polar surface area (TPSA) is 64.4 Å². The highest BCUT2D eigenvalue weighted by molar-refractivity contribution is 5.85. The summed E-state index contributed by atoms with van der Waals surface area (Å²) in [6, 6.07) is 17.6. The van der Waals surface area contributed by atoms with Crippen LogP contribution < -0.4 is 15.8 Å². The lowest BCUT2D eigenvalue weighted by molar-refractivity contribution is -0.121. The number of carbonyl (C=O) groups is 1. The van der Waals surface area contributed by atoms with Gasteiger partial charge in [0.1, 0.15) is 12.4 Å². The number of halogens is 1. The zero-order valence-electron chi connectivity index (χ0n) is 13.2. The van der Waals surface area contributed by atoms with Gasteiger partial charge in [0.2, 0.25) is 5.91 Å². The highest BCUT2D eigenvalue weighted by Crippen LogP contribution is 2.19. The van der Waals surface area contributed by atoms with E-state index in [1.807, 2.05) is 61.5 Å². The van der Waals surface area contributed by atoms with Crippen LogP contribution in [-0.2, 0) is 17.9 Å². The van der Waals surface area contributed by atoms with Crippen molar-refractivity contribution >= 4 is 18.3 Å². The summed E-state index contributed by atoms with van der Waals surface area (Å²) in [4.78, 5) is 11.7. The third-order valence-corrected chi connectivity index (χ3v) is 3.19. The molecule has 5 heteroatoms. The van der Waals surface area contributed by atoms with Crippen LogP contribution in [0.5, 0.6) is 5.75 Å². The Morgan fingerprint density at radius 2 is 1.78 bits per heavy atom. The predicted octanol–water partition coefficient (Wildman–Crippen LogP) is 3.04. The SMILES string of the molecule is CC(N)CC(=O)NCc1ccccc1OCc1ccccc1.Cl. The zero-order valence-corrected chi connectivity index (χ0v) is 14.0. The third kappa shape index (κ3) is 6.72. The van der Waals surface area contributed by atoms with Gasteiger partial charge in [0, 0.05) is 24.6 Å². The fourth-order valence-electron chi connectivity index (χ4n) is 2.08. The van der Waals surface area contributed by atoms with Crippen LogP contribution >= 0.6 is 12.4 Å². The summed E-state index contributed by atoms with van der Waals surface area (Å²) in [5.74, 6) is 0.736. The summed E-state index contributed by atoms with van der Waals surface area (Å²) in [6.45, 7) is 2.76. The number of benzene rings is 2. The van der Waals surface area contributed by atoms with E-state index < -0.39 is 0 Å². The predicted molar refractivity (Wildman–Crippen MR) is 94.6 cm³/mol. The maximum Gasteiger partial charge on any atom is 0.221 e. The number of amides is 1. The lowest BCUT2D eigenvalue weighted by Crippen LogP contribution is -2.29. The first-order valence-electron chi connectivity index (χ1n) is 7.42. The minimum absolute atomic E-state index is 0. The van der Waals surface area contributed by atoms with Gasteiger partial charge in [-0.2, -0.15) is 0 Å². The van der Waals surface area contributed by atoms with Crippen LogP contribution in [0.4, 0.5) is 0 Å². The number of para-hydroxylation sites is 1. The fraction of sp³-hybridized carbons (Fsp3) is 0.278. The third-order valence-electron chi connectivity index (χ3n) is 3.19.